The van der Waals surface area contributed by atoms with Crippen LogP contribution in [0.1, 0.15) is 25.3 Å². The second-order valence-electron chi connectivity index (χ2n) is 6.01. The molecule has 1 aliphatic carbocycles. The fourth-order valence-corrected chi connectivity index (χ4v) is 3.84. The summed E-state index contributed by atoms with van der Waals surface area (Å²) in [5, 5.41) is 0. The number of hydrogen-bond acceptors (Lipinski definition) is 3. The van der Waals surface area contributed by atoms with Gasteiger partial charge in [0.1, 0.15) is 5.75 Å². The van der Waals surface area contributed by atoms with Gasteiger partial charge in [-0.25, -0.2) is 0 Å². The molecule has 1 heterocycles. The fraction of sp³-hybridized carbons (Fsp3) is 0.500. The zero-order valence-corrected chi connectivity index (χ0v) is 13.7. The molecular formula is C16H18BrNO3. The molecule has 0 radical (unpaired) electrons. The van der Waals surface area contributed by atoms with Gasteiger partial charge < -0.3 is 4.74 Å². The van der Waals surface area contributed by atoms with E-state index in [1.807, 2.05) is 18.2 Å². The molecule has 0 bridgehead atoms. The first-order valence-electron chi connectivity index (χ1n) is 7.19. The highest BCUT2D eigenvalue weighted by molar-refractivity contribution is 9.10. The Bertz CT molecular complexity index is 577. The van der Waals surface area contributed by atoms with Crippen molar-refractivity contribution in [1.29, 1.82) is 0 Å². The predicted octanol–water partition coefficient (Wildman–Crippen LogP) is 2.99. The van der Waals surface area contributed by atoms with E-state index < -0.39 is 0 Å². The maximum absolute atomic E-state index is 12.5. The normalized spacial score (nSPS) is 28.1. The molecule has 1 aromatic rings. The van der Waals surface area contributed by atoms with Crippen molar-refractivity contribution in [3.63, 3.8) is 0 Å². The summed E-state index contributed by atoms with van der Waals surface area (Å²) in [6, 6.07) is 5.58. The van der Waals surface area contributed by atoms with Crippen molar-refractivity contribution < 1.29 is 14.3 Å². The molecule has 1 aliphatic heterocycles. The Kier molecular flexibility index (Phi) is 3.78. The van der Waals surface area contributed by atoms with Crippen LogP contribution in [-0.2, 0) is 16.1 Å². The maximum Gasteiger partial charge on any atom is 0.233 e. The van der Waals surface area contributed by atoms with Gasteiger partial charge in [-0.3, -0.25) is 14.5 Å². The Hall–Kier alpha value is -1.36. The molecule has 0 N–H and O–H groups in total. The number of hydrogen-bond donors (Lipinski definition) is 0. The Balaban J connectivity index is 1.83. The number of methoxy groups -OCH3 is 1. The highest BCUT2D eigenvalue weighted by Crippen LogP contribution is 2.43. The lowest BCUT2D eigenvalue weighted by Gasteiger charge is -2.18. The molecule has 1 saturated carbocycles. The summed E-state index contributed by atoms with van der Waals surface area (Å²) in [5.41, 5.74) is 0.893. The first-order valence-corrected chi connectivity index (χ1v) is 7.98. The number of likely N-dealkylation sites (tertiary alicyclic amines) is 1. The van der Waals surface area contributed by atoms with Crippen LogP contribution in [0, 0.1) is 17.8 Å². The van der Waals surface area contributed by atoms with E-state index in [9.17, 15) is 9.59 Å². The smallest absolute Gasteiger partial charge is 0.233 e. The molecule has 0 spiro atoms. The van der Waals surface area contributed by atoms with E-state index in [0.29, 0.717) is 12.5 Å². The molecule has 2 amide bonds. The van der Waals surface area contributed by atoms with Gasteiger partial charge >= 0.3 is 0 Å². The number of ether oxygens (including phenoxy) is 1. The molecule has 1 aromatic carbocycles. The van der Waals surface area contributed by atoms with Crippen molar-refractivity contribution in [2.24, 2.45) is 17.8 Å². The quantitative estimate of drug-likeness (QED) is 0.786. The minimum atomic E-state index is -0.100. The SMILES string of the molecule is COc1ccc(Br)c(CN2C(=O)C3CC(C)CC3C2=O)c1. The van der Waals surface area contributed by atoms with E-state index >= 15 is 0 Å². The van der Waals surface area contributed by atoms with Crippen molar-refractivity contribution in [3.05, 3.63) is 28.2 Å². The Labute approximate surface area is 132 Å². The van der Waals surface area contributed by atoms with Gasteiger partial charge in [0.05, 0.1) is 25.5 Å². The Morgan fingerprint density at radius 2 is 1.86 bits per heavy atom. The lowest BCUT2D eigenvalue weighted by molar-refractivity contribution is -0.141. The average molecular weight is 352 g/mol. The second-order valence-corrected chi connectivity index (χ2v) is 6.86. The lowest BCUT2D eigenvalue weighted by Crippen LogP contribution is -2.31. The summed E-state index contributed by atoms with van der Waals surface area (Å²) < 4.78 is 6.09. The van der Waals surface area contributed by atoms with Gasteiger partial charge in [-0.05, 0) is 42.5 Å². The van der Waals surface area contributed by atoms with Gasteiger partial charge in [-0.1, -0.05) is 22.9 Å². The highest BCUT2D eigenvalue weighted by atomic mass is 79.9. The van der Waals surface area contributed by atoms with Crippen LogP contribution in [0.4, 0.5) is 0 Å². The summed E-state index contributed by atoms with van der Waals surface area (Å²) in [4.78, 5) is 26.4. The van der Waals surface area contributed by atoms with E-state index in [1.165, 1.54) is 4.90 Å². The van der Waals surface area contributed by atoms with Gasteiger partial charge in [0, 0.05) is 4.47 Å². The number of carbonyl (C=O) groups is 2. The predicted molar refractivity (Wildman–Crippen MR) is 81.6 cm³/mol. The van der Waals surface area contributed by atoms with Crippen LogP contribution in [0.2, 0.25) is 0 Å². The Morgan fingerprint density at radius 3 is 2.43 bits per heavy atom. The summed E-state index contributed by atoms with van der Waals surface area (Å²) in [6.07, 6.45) is 1.68. The van der Waals surface area contributed by atoms with Crippen molar-refractivity contribution in [3.8, 4) is 5.75 Å². The third-order valence-corrected chi connectivity index (χ3v) is 5.32. The molecule has 4 nitrogen and oxygen atoms in total. The van der Waals surface area contributed by atoms with E-state index in [1.54, 1.807) is 7.11 Å². The third kappa shape index (κ3) is 2.48. The number of halogens is 1. The minimum absolute atomic E-state index is 0.0101. The van der Waals surface area contributed by atoms with Gasteiger partial charge in [0.2, 0.25) is 11.8 Å². The van der Waals surface area contributed by atoms with Crippen molar-refractivity contribution >= 4 is 27.7 Å². The van der Waals surface area contributed by atoms with Crippen LogP contribution >= 0.6 is 15.9 Å². The van der Waals surface area contributed by atoms with E-state index in [4.69, 9.17) is 4.74 Å². The number of imide groups is 1. The molecule has 5 heteroatoms. The van der Waals surface area contributed by atoms with Gasteiger partial charge in [0.25, 0.3) is 0 Å². The molecule has 2 atom stereocenters. The van der Waals surface area contributed by atoms with Gasteiger partial charge in [-0.15, -0.1) is 0 Å². The summed E-state index contributed by atoms with van der Waals surface area (Å²) >= 11 is 3.47. The standard InChI is InChI=1S/C16H18BrNO3/c1-9-5-12-13(6-9)16(20)18(15(12)19)8-10-7-11(21-2)3-4-14(10)17/h3-4,7,9,12-13H,5-6,8H2,1-2H3. The monoisotopic (exact) mass is 351 g/mol. The largest absolute Gasteiger partial charge is 0.497 e. The van der Waals surface area contributed by atoms with Crippen LogP contribution in [0.15, 0.2) is 22.7 Å². The van der Waals surface area contributed by atoms with Gasteiger partial charge in [0.15, 0.2) is 0 Å². The number of nitrogens with zero attached hydrogens (tertiary/aromatic N) is 1. The topological polar surface area (TPSA) is 46.6 Å². The molecule has 2 aliphatic rings. The molecule has 1 saturated heterocycles. The van der Waals surface area contributed by atoms with Crippen LogP contribution in [-0.4, -0.2) is 23.8 Å². The summed E-state index contributed by atoms with van der Waals surface area (Å²) in [6.45, 7) is 2.43. The molecule has 2 unspecified atom stereocenters. The van der Waals surface area contributed by atoms with E-state index in [2.05, 4.69) is 22.9 Å². The summed E-state index contributed by atoms with van der Waals surface area (Å²) in [7, 11) is 1.60. The lowest BCUT2D eigenvalue weighted by atomic mass is 10.00. The Morgan fingerprint density at radius 1 is 1.24 bits per heavy atom. The van der Waals surface area contributed by atoms with Crippen LogP contribution < -0.4 is 4.74 Å². The fourth-order valence-electron chi connectivity index (χ4n) is 3.47. The van der Waals surface area contributed by atoms with Crippen molar-refractivity contribution in [2.45, 2.75) is 26.3 Å². The van der Waals surface area contributed by atoms with E-state index in [0.717, 1.165) is 28.6 Å². The van der Waals surface area contributed by atoms with Crippen molar-refractivity contribution in [1.82, 2.24) is 4.90 Å². The van der Waals surface area contributed by atoms with Crippen LogP contribution in [0.3, 0.4) is 0 Å². The molecule has 2 fully saturated rings. The number of carbonyl (C=O) groups excluding carboxylic acids is 2. The number of benzene rings is 1. The first-order chi connectivity index (χ1) is 10.0. The summed E-state index contributed by atoms with van der Waals surface area (Å²) in [5.74, 6) is 0.974. The zero-order valence-electron chi connectivity index (χ0n) is 12.1. The maximum atomic E-state index is 12.5. The molecular weight excluding hydrogens is 334 g/mol. The van der Waals surface area contributed by atoms with E-state index in [-0.39, 0.29) is 23.7 Å². The molecule has 3 rings (SSSR count). The number of amides is 2. The second kappa shape index (κ2) is 5.44. The third-order valence-electron chi connectivity index (χ3n) is 4.55. The number of rotatable bonds is 3. The number of fused-ring (bicyclic) bond motifs is 1. The average Bonchev–Trinajstić information content (AvgIpc) is 2.94. The highest BCUT2D eigenvalue weighted by Gasteiger charge is 2.51. The van der Waals surface area contributed by atoms with Crippen molar-refractivity contribution in [2.75, 3.05) is 7.11 Å². The minimum Gasteiger partial charge on any atom is -0.497 e. The molecule has 112 valence electrons. The zero-order chi connectivity index (χ0) is 15.1. The van der Waals surface area contributed by atoms with Crippen LogP contribution in [0.5, 0.6) is 5.75 Å². The first kappa shape index (κ1) is 14.6. The molecule has 21 heavy (non-hydrogen) atoms. The molecule has 0 aromatic heterocycles. The van der Waals surface area contributed by atoms with Crippen LogP contribution in [0.25, 0.3) is 0 Å². The van der Waals surface area contributed by atoms with Gasteiger partial charge in [-0.2, -0.15) is 0 Å².